The number of hydrogen-bond donors (Lipinski definition) is 4. The second-order valence-corrected chi connectivity index (χ2v) is 9.34. The first-order valence-corrected chi connectivity index (χ1v) is 11.6. The Balaban J connectivity index is 1.48. The van der Waals surface area contributed by atoms with Crippen molar-refractivity contribution in [3.8, 4) is 11.1 Å². The first kappa shape index (κ1) is 23.8. The Hall–Kier alpha value is -3.39. The molecule has 1 unspecified atom stereocenters. The minimum atomic E-state index is -1.84. The van der Waals surface area contributed by atoms with Crippen LogP contribution in [0.1, 0.15) is 56.1 Å². The largest absolute Gasteiger partial charge is 0.479 e. The molecule has 8 heteroatoms. The zero-order valence-electron chi connectivity index (χ0n) is 19.2. The number of aliphatic carboxylic acids is 1. The molecule has 2 amide bonds. The lowest BCUT2D eigenvalue weighted by atomic mass is 9.80. The molecule has 0 aliphatic heterocycles. The van der Waals surface area contributed by atoms with Gasteiger partial charge in [0, 0.05) is 5.92 Å². The Morgan fingerprint density at radius 2 is 1.56 bits per heavy atom. The average Bonchev–Trinajstić information content (AvgIpc) is 3.16. The zero-order valence-corrected chi connectivity index (χ0v) is 19.2. The number of carbonyl (C=O) groups excluding carboxylic acids is 2. The van der Waals surface area contributed by atoms with E-state index in [1.807, 2.05) is 36.4 Å². The summed E-state index contributed by atoms with van der Waals surface area (Å²) in [5, 5.41) is 24.1. The van der Waals surface area contributed by atoms with E-state index in [4.69, 9.17) is 4.74 Å². The number of amides is 2. The van der Waals surface area contributed by atoms with Crippen molar-refractivity contribution >= 4 is 18.0 Å². The summed E-state index contributed by atoms with van der Waals surface area (Å²) in [7, 11) is 0. The molecule has 180 valence electrons. The van der Waals surface area contributed by atoms with Gasteiger partial charge in [-0.2, -0.15) is 0 Å². The van der Waals surface area contributed by atoms with E-state index in [2.05, 4.69) is 22.8 Å². The third-order valence-corrected chi connectivity index (χ3v) is 7.00. The zero-order chi connectivity index (χ0) is 24.3. The van der Waals surface area contributed by atoms with Crippen LogP contribution in [0.3, 0.4) is 0 Å². The Morgan fingerprint density at radius 1 is 1.00 bits per heavy atom. The van der Waals surface area contributed by atoms with Crippen LogP contribution in [0.25, 0.3) is 11.1 Å². The number of aliphatic hydroxyl groups is 1. The van der Waals surface area contributed by atoms with E-state index >= 15 is 0 Å². The van der Waals surface area contributed by atoms with Crippen molar-refractivity contribution in [3.05, 3.63) is 59.7 Å². The summed E-state index contributed by atoms with van der Waals surface area (Å²) >= 11 is 0. The van der Waals surface area contributed by atoms with Gasteiger partial charge in [0.2, 0.25) is 5.91 Å². The Kier molecular flexibility index (Phi) is 6.61. The number of carboxylic acid groups (broad SMARTS) is 1. The van der Waals surface area contributed by atoms with Crippen LogP contribution in [0.4, 0.5) is 4.79 Å². The molecule has 0 bridgehead atoms. The normalized spacial score (nSPS) is 18.2. The number of nitrogens with one attached hydrogen (secondary N) is 2. The number of benzene rings is 2. The van der Waals surface area contributed by atoms with Gasteiger partial charge >= 0.3 is 12.1 Å². The Bertz CT molecular complexity index is 1050. The van der Waals surface area contributed by atoms with Gasteiger partial charge in [-0.1, -0.05) is 67.8 Å². The van der Waals surface area contributed by atoms with Crippen LogP contribution in [-0.4, -0.2) is 52.5 Å². The van der Waals surface area contributed by atoms with Gasteiger partial charge in [0.15, 0.2) is 5.54 Å². The lowest BCUT2D eigenvalue weighted by Gasteiger charge is -2.38. The topological polar surface area (TPSA) is 125 Å². The molecule has 0 aromatic heterocycles. The summed E-state index contributed by atoms with van der Waals surface area (Å²) in [6.07, 6.45) is 2.34. The molecule has 1 fully saturated rings. The molecule has 34 heavy (non-hydrogen) atoms. The molecule has 0 spiro atoms. The first-order valence-electron chi connectivity index (χ1n) is 11.6. The van der Waals surface area contributed by atoms with Crippen LogP contribution in [0.2, 0.25) is 0 Å². The SMILES string of the molecule is CC(CO)(NC(=O)C1(NC(=O)OCC2c3ccccc3-c3ccccc32)CCCCC1)C(=O)O. The fourth-order valence-electron chi connectivity index (χ4n) is 4.92. The Morgan fingerprint density at radius 3 is 2.09 bits per heavy atom. The van der Waals surface area contributed by atoms with Crippen molar-refractivity contribution in [1.29, 1.82) is 0 Å². The number of fused-ring (bicyclic) bond motifs is 3. The van der Waals surface area contributed by atoms with Crippen molar-refractivity contribution in [3.63, 3.8) is 0 Å². The summed E-state index contributed by atoms with van der Waals surface area (Å²) in [5.74, 6) is -2.09. The number of hydrogen-bond acceptors (Lipinski definition) is 5. The van der Waals surface area contributed by atoms with E-state index in [1.54, 1.807) is 0 Å². The van der Waals surface area contributed by atoms with E-state index in [0.29, 0.717) is 25.7 Å². The number of ether oxygens (including phenoxy) is 1. The fourth-order valence-corrected chi connectivity index (χ4v) is 4.92. The minimum absolute atomic E-state index is 0.112. The monoisotopic (exact) mass is 466 g/mol. The van der Waals surface area contributed by atoms with Crippen molar-refractivity contribution in [1.82, 2.24) is 10.6 Å². The molecule has 4 rings (SSSR count). The molecule has 4 N–H and O–H groups in total. The van der Waals surface area contributed by atoms with Gasteiger partial charge in [-0.3, -0.25) is 4.79 Å². The minimum Gasteiger partial charge on any atom is -0.479 e. The highest BCUT2D eigenvalue weighted by Gasteiger charge is 2.46. The van der Waals surface area contributed by atoms with Gasteiger partial charge in [-0.15, -0.1) is 0 Å². The maximum Gasteiger partial charge on any atom is 0.408 e. The van der Waals surface area contributed by atoms with E-state index < -0.39 is 35.7 Å². The molecule has 0 radical (unpaired) electrons. The number of aliphatic hydroxyl groups excluding tert-OH is 1. The van der Waals surface area contributed by atoms with Crippen LogP contribution in [0, 0.1) is 0 Å². The van der Waals surface area contributed by atoms with Gasteiger partial charge in [0.25, 0.3) is 0 Å². The highest BCUT2D eigenvalue weighted by Crippen LogP contribution is 2.44. The first-order chi connectivity index (χ1) is 16.3. The maximum atomic E-state index is 13.2. The highest BCUT2D eigenvalue weighted by atomic mass is 16.5. The molecular formula is C26H30N2O6. The van der Waals surface area contributed by atoms with Crippen LogP contribution < -0.4 is 10.6 Å². The highest BCUT2D eigenvalue weighted by molar-refractivity contribution is 5.94. The summed E-state index contributed by atoms with van der Waals surface area (Å²) in [4.78, 5) is 37.6. The van der Waals surface area contributed by atoms with Crippen LogP contribution in [0.15, 0.2) is 48.5 Å². The van der Waals surface area contributed by atoms with Crippen molar-refractivity contribution in [2.24, 2.45) is 0 Å². The second kappa shape index (κ2) is 9.46. The fraction of sp³-hybridized carbons (Fsp3) is 0.423. The lowest BCUT2D eigenvalue weighted by Crippen LogP contribution is -2.66. The number of rotatable bonds is 7. The van der Waals surface area contributed by atoms with Crippen molar-refractivity contribution in [2.75, 3.05) is 13.2 Å². The predicted octanol–water partition coefficient (Wildman–Crippen LogP) is 3.18. The standard InChI is InChI=1S/C26H30N2O6/c1-25(16-29,23(31)32)27-22(30)26(13-7-2-8-14-26)28-24(33)34-15-21-19-11-5-3-9-17(19)18-10-4-6-12-20(18)21/h3-6,9-12,21,29H,2,7-8,13-16H2,1H3,(H,27,30)(H,28,33)(H,31,32). The van der Waals surface area contributed by atoms with Gasteiger partial charge in [-0.05, 0) is 42.0 Å². The van der Waals surface area contributed by atoms with Crippen LogP contribution >= 0.6 is 0 Å². The summed E-state index contributed by atoms with van der Waals surface area (Å²) in [6, 6.07) is 16.0. The van der Waals surface area contributed by atoms with Gasteiger partial charge in [0.1, 0.15) is 12.1 Å². The smallest absolute Gasteiger partial charge is 0.408 e. The summed E-state index contributed by atoms with van der Waals surface area (Å²) < 4.78 is 5.63. The quantitative estimate of drug-likeness (QED) is 0.497. The number of alkyl carbamates (subject to hydrolysis) is 1. The molecule has 2 aromatic rings. The molecule has 1 atom stereocenters. The molecule has 2 aliphatic carbocycles. The molecule has 0 saturated heterocycles. The van der Waals surface area contributed by atoms with E-state index in [9.17, 15) is 24.6 Å². The molecule has 0 heterocycles. The number of carbonyl (C=O) groups is 3. The maximum absolute atomic E-state index is 13.2. The molecular weight excluding hydrogens is 436 g/mol. The van der Waals surface area contributed by atoms with Gasteiger partial charge < -0.3 is 25.6 Å². The molecule has 8 nitrogen and oxygen atoms in total. The lowest BCUT2D eigenvalue weighted by molar-refractivity contribution is -0.150. The average molecular weight is 467 g/mol. The van der Waals surface area contributed by atoms with E-state index in [1.165, 1.54) is 6.92 Å². The van der Waals surface area contributed by atoms with E-state index in [0.717, 1.165) is 28.7 Å². The third kappa shape index (κ3) is 4.37. The predicted molar refractivity (Wildman–Crippen MR) is 125 cm³/mol. The Labute approximate surface area is 198 Å². The third-order valence-electron chi connectivity index (χ3n) is 7.00. The van der Waals surface area contributed by atoms with Crippen LogP contribution in [0.5, 0.6) is 0 Å². The molecule has 2 aliphatic rings. The van der Waals surface area contributed by atoms with Crippen LogP contribution in [-0.2, 0) is 14.3 Å². The molecule has 1 saturated carbocycles. The molecule has 2 aromatic carbocycles. The second-order valence-electron chi connectivity index (χ2n) is 9.34. The van der Waals surface area contributed by atoms with Gasteiger partial charge in [-0.25, -0.2) is 9.59 Å². The van der Waals surface area contributed by atoms with E-state index in [-0.39, 0.29) is 12.5 Å². The van der Waals surface area contributed by atoms with Crippen molar-refractivity contribution in [2.45, 2.75) is 56.0 Å². The van der Waals surface area contributed by atoms with Crippen molar-refractivity contribution < 1.29 is 29.3 Å². The summed E-state index contributed by atoms with van der Waals surface area (Å²) in [6.45, 7) is 0.577. The summed E-state index contributed by atoms with van der Waals surface area (Å²) in [5.41, 5.74) is 1.28. The van der Waals surface area contributed by atoms with Gasteiger partial charge in [0.05, 0.1) is 6.61 Å². The number of carboxylic acids is 1.